The van der Waals surface area contributed by atoms with E-state index < -0.39 is 6.10 Å². The maximum Gasteiger partial charge on any atom is 0.0965 e. The zero-order valence-electron chi connectivity index (χ0n) is 15.8. The van der Waals surface area contributed by atoms with Crippen molar-refractivity contribution < 1.29 is 5.11 Å². The van der Waals surface area contributed by atoms with Crippen LogP contribution in [0.4, 0.5) is 0 Å². The van der Waals surface area contributed by atoms with E-state index in [2.05, 4.69) is 47.1 Å². The minimum absolute atomic E-state index is 0.400. The summed E-state index contributed by atoms with van der Waals surface area (Å²) >= 11 is 0. The van der Waals surface area contributed by atoms with Gasteiger partial charge in [-0.1, -0.05) is 30.3 Å². The molecular formula is C23H30N2O. The number of hydrogen-bond acceptors (Lipinski definition) is 3. The van der Waals surface area contributed by atoms with Crippen molar-refractivity contribution in [2.24, 2.45) is 5.92 Å². The Morgan fingerprint density at radius 1 is 1.08 bits per heavy atom. The van der Waals surface area contributed by atoms with Crippen molar-refractivity contribution in [2.75, 3.05) is 19.6 Å². The fraction of sp³-hybridized carbons (Fsp3) is 0.522. The number of pyridine rings is 1. The summed E-state index contributed by atoms with van der Waals surface area (Å²) in [6.45, 7) is 5.71. The van der Waals surface area contributed by atoms with Gasteiger partial charge in [-0.3, -0.25) is 4.98 Å². The van der Waals surface area contributed by atoms with Gasteiger partial charge in [0.2, 0.25) is 0 Å². The molecule has 1 N–H and O–H groups in total. The Hall–Kier alpha value is -1.71. The summed E-state index contributed by atoms with van der Waals surface area (Å²) in [4.78, 5) is 7.05. The Labute approximate surface area is 157 Å². The molecule has 1 aliphatic heterocycles. The van der Waals surface area contributed by atoms with Crippen molar-refractivity contribution in [3.63, 3.8) is 0 Å². The predicted molar refractivity (Wildman–Crippen MR) is 105 cm³/mol. The first kappa shape index (κ1) is 17.7. The van der Waals surface area contributed by atoms with E-state index in [4.69, 9.17) is 0 Å². The third-order valence-electron chi connectivity index (χ3n) is 6.35. The van der Waals surface area contributed by atoms with Crippen LogP contribution in [0.25, 0.3) is 0 Å². The molecule has 2 aliphatic rings. The molecule has 1 aromatic carbocycles. The van der Waals surface area contributed by atoms with Crippen LogP contribution in [0.3, 0.4) is 0 Å². The van der Waals surface area contributed by atoms with Gasteiger partial charge >= 0.3 is 0 Å². The lowest BCUT2D eigenvalue weighted by Crippen LogP contribution is -2.37. The fourth-order valence-electron chi connectivity index (χ4n) is 4.87. The molecule has 1 aliphatic carbocycles. The van der Waals surface area contributed by atoms with Gasteiger partial charge in [0, 0.05) is 12.7 Å². The molecule has 2 aromatic rings. The van der Waals surface area contributed by atoms with E-state index in [9.17, 15) is 5.11 Å². The molecule has 138 valence electrons. The standard InChI is InChI=1S/C23H30N2O/c1-17-5-2-3-7-21(17)19-10-13-25(14-11-19)16-18-8-9-20-6-4-12-24-23(20)22(26)15-18/h2-7,12,18-19,22,26H,8-11,13-16H2,1H3/t18-,22?/m1/s1. The summed E-state index contributed by atoms with van der Waals surface area (Å²) in [5.74, 6) is 1.27. The number of benzene rings is 1. The fourth-order valence-corrected chi connectivity index (χ4v) is 4.87. The molecule has 1 fully saturated rings. The van der Waals surface area contributed by atoms with Gasteiger partial charge in [-0.25, -0.2) is 0 Å². The average molecular weight is 351 g/mol. The highest BCUT2D eigenvalue weighted by Gasteiger charge is 2.27. The van der Waals surface area contributed by atoms with Crippen LogP contribution >= 0.6 is 0 Å². The Morgan fingerprint density at radius 2 is 1.88 bits per heavy atom. The van der Waals surface area contributed by atoms with Gasteiger partial charge in [-0.2, -0.15) is 0 Å². The van der Waals surface area contributed by atoms with Gasteiger partial charge in [0.15, 0.2) is 0 Å². The third-order valence-corrected chi connectivity index (χ3v) is 6.35. The van der Waals surface area contributed by atoms with Gasteiger partial charge in [0.05, 0.1) is 11.8 Å². The number of hydrogen-bond donors (Lipinski definition) is 1. The van der Waals surface area contributed by atoms with Gasteiger partial charge in [-0.05, 0) is 86.7 Å². The molecule has 0 radical (unpaired) electrons. The van der Waals surface area contributed by atoms with Crippen LogP contribution in [0, 0.1) is 12.8 Å². The number of aryl methyl sites for hydroxylation is 2. The highest BCUT2D eigenvalue weighted by molar-refractivity contribution is 5.29. The van der Waals surface area contributed by atoms with Crippen molar-refractivity contribution in [3.05, 3.63) is 65.0 Å². The minimum atomic E-state index is -0.400. The molecular weight excluding hydrogens is 320 g/mol. The molecule has 2 atom stereocenters. The van der Waals surface area contributed by atoms with Gasteiger partial charge < -0.3 is 10.0 Å². The molecule has 0 amide bonds. The summed E-state index contributed by atoms with van der Waals surface area (Å²) in [6.07, 6.45) is 6.96. The summed E-state index contributed by atoms with van der Waals surface area (Å²) in [5.41, 5.74) is 5.12. The number of aromatic nitrogens is 1. The monoisotopic (exact) mass is 350 g/mol. The molecule has 0 spiro atoms. The molecule has 4 rings (SSSR count). The number of piperidine rings is 1. The van der Waals surface area contributed by atoms with E-state index >= 15 is 0 Å². The molecule has 26 heavy (non-hydrogen) atoms. The maximum absolute atomic E-state index is 10.6. The molecule has 3 heteroatoms. The van der Waals surface area contributed by atoms with Crippen LogP contribution in [-0.4, -0.2) is 34.6 Å². The highest BCUT2D eigenvalue weighted by atomic mass is 16.3. The predicted octanol–water partition coefficient (Wildman–Crippen LogP) is 4.26. The molecule has 1 unspecified atom stereocenters. The first-order valence-electron chi connectivity index (χ1n) is 10.1. The van der Waals surface area contributed by atoms with E-state index in [-0.39, 0.29) is 0 Å². The average Bonchev–Trinajstić information content (AvgIpc) is 2.82. The normalized spacial score (nSPS) is 24.8. The van der Waals surface area contributed by atoms with Crippen LogP contribution in [0.1, 0.15) is 60.1 Å². The number of nitrogens with zero attached hydrogens (tertiary/aromatic N) is 2. The van der Waals surface area contributed by atoms with Crippen LogP contribution in [0.15, 0.2) is 42.6 Å². The molecule has 2 heterocycles. The Morgan fingerprint density at radius 3 is 2.69 bits per heavy atom. The van der Waals surface area contributed by atoms with Crippen molar-refractivity contribution in [2.45, 2.75) is 51.0 Å². The largest absolute Gasteiger partial charge is 0.387 e. The van der Waals surface area contributed by atoms with Gasteiger partial charge in [-0.15, -0.1) is 0 Å². The lowest BCUT2D eigenvalue weighted by atomic mass is 9.86. The second-order valence-corrected chi connectivity index (χ2v) is 8.14. The van der Waals surface area contributed by atoms with E-state index in [1.54, 1.807) is 11.8 Å². The van der Waals surface area contributed by atoms with Crippen molar-refractivity contribution in [1.82, 2.24) is 9.88 Å². The number of aliphatic hydroxyl groups is 1. The lowest BCUT2D eigenvalue weighted by molar-refractivity contribution is 0.114. The van der Waals surface area contributed by atoms with Crippen LogP contribution in [-0.2, 0) is 6.42 Å². The molecule has 0 saturated carbocycles. The first-order valence-corrected chi connectivity index (χ1v) is 10.1. The Kier molecular flexibility index (Phi) is 5.37. The number of aliphatic hydroxyl groups excluding tert-OH is 1. The van der Waals surface area contributed by atoms with E-state index in [0.717, 1.165) is 31.5 Å². The van der Waals surface area contributed by atoms with Crippen molar-refractivity contribution >= 4 is 0 Å². The maximum atomic E-state index is 10.6. The lowest BCUT2D eigenvalue weighted by Gasteiger charge is -2.35. The van der Waals surface area contributed by atoms with Crippen molar-refractivity contribution in [3.8, 4) is 0 Å². The molecule has 1 saturated heterocycles. The Balaban J connectivity index is 1.33. The van der Waals surface area contributed by atoms with Gasteiger partial charge in [0.1, 0.15) is 0 Å². The second kappa shape index (κ2) is 7.89. The van der Waals surface area contributed by atoms with E-state index in [1.165, 1.54) is 37.1 Å². The summed E-state index contributed by atoms with van der Waals surface area (Å²) < 4.78 is 0. The van der Waals surface area contributed by atoms with E-state index in [0.29, 0.717) is 11.8 Å². The van der Waals surface area contributed by atoms with Crippen LogP contribution in [0.5, 0.6) is 0 Å². The first-order chi connectivity index (χ1) is 12.7. The molecule has 0 bridgehead atoms. The summed E-state index contributed by atoms with van der Waals surface area (Å²) in [7, 11) is 0. The molecule has 1 aromatic heterocycles. The molecule has 3 nitrogen and oxygen atoms in total. The quantitative estimate of drug-likeness (QED) is 0.841. The third kappa shape index (κ3) is 3.84. The van der Waals surface area contributed by atoms with E-state index in [1.807, 2.05) is 6.07 Å². The van der Waals surface area contributed by atoms with Crippen LogP contribution in [0.2, 0.25) is 0 Å². The highest BCUT2D eigenvalue weighted by Crippen LogP contribution is 2.33. The summed E-state index contributed by atoms with van der Waals surface area (Å²) in [6, 6.07) is 13.0. The summed E-state index contributed by atoms with van der Waals surface area (Å²) in [5, 5.41) is 10.6. The topological polar surface area (TPSA) is 36.4 Å². The number of likely N-dealkylation sites (tertiary alicyclic amines) is 1. The minimum Gasteiger partial charge on any atom is -0.387 e. The number of rotatable bonds is 3. The van der Waals surface area contributed by atoms with Crippen molar-refractivity contribution in [1.29, 1.82) is 0 Å². The second-order valence-electron chi connectivity index (χ2n) is 8.14. The smallest absolute Gasteiger partial charge is 0.0965 e. The van der Waals surface area contributed by atoms with Gasteiger partial charge in [0.25, 0.3) is 0 Å². The zero-order chi connectivity index (χ0) is 17.9. The SMILES string of the molecule is Cc1ccccc1C1CCN(C[C@@H]2CCc3cccnc3C(O)C2)CC1. The van der Waals surface area contributed by atoms with Crippen LogP contribution < -0.4 is 0 Å². The zero-order valence-corrected chi connectivity index (χ0v) is 15.8. The Bertz CT molecular complexity index is 736. The number of fused-ring (bicyclic) bond motifs is 1.